The lowest BCUT2D eigenvalue weighted by Crippen LogP contribution is -1.95. The van der Waals surface area contributed by atoms with E-state index < -0.39 is 0 Å². The van der Waals surface area contributed by atoms with Gasteiger partial charge in [-0.15, -0.1) is 0 Å². The zero-order chi connectivity index (χ0) is 15.0. The van der Waals surface area contributed by atoms with Crippen LogP contribution in [0.2, 0.25) is 5.02 Å². The first-order valence-electron chi connectivity index (χ1n) is 6.26. The molecule has 0 aliphatic carbocycles. The number of hydrogen-bond acceptors (Lipinski definition) is 3. The minimum Gasteiger partial charge on any atom is -0.497 e. The molecule has 0 aliphatic heterocycles. The van der Waals surface area contributed by atoms with Crippen LogP contribution in [0.15, 0.2) is 36.4 Å². The van der Waals surface area contributed by atoms with Crippen molar-refractivity contribution < 1.29 is 9.47 Å². The summed E-state index contributed by atoms with van der Waals surface area (Å²) >= 11 is 11.5. The van der Waals surface area contributed by atoms with Crippen molar-refractivity contribution >= 4 is 34.9 Å². The Morgan fingerprint density at radius 3 is 2.62 bits per heavy atom. The molecule has 0 aliphatic rings. The molecule has 1 N–H and O–H groups in total. The Labute approximate surface area is 131 Å². The summed E-state index contributed by atoms with van der Waals surface area (Å²) < 4.78 is 13.0. The van der Waals surface area contributed by atoms with Gasteiger partial charge in [0.15, 0.2) is 4.77 Å². The van der Waals surface area contributed by atoms with Gasteiger partial charge in [-0.05, 0) is 36.5 Å². The van der Waals surface area contributed by atoms with Crippen molar-refractivity contribution in [3.63, 3.8) is 0 Å². The van der Waals surface area contributed by atoms with Crippen LogP contribution in [0.3, 0.4) is 0 Å². The third-order valence-electron chi connectivity index (χ3n) is 3.28. The molecular formula is C15H13ClN2O2S. The molecule has 0 fully saturated rings. The number of H-pyrrole nitrogens is 1. The molecule has 1 aromatic heterocycles. The maximum absolute atomic E-state index is 6.07. The average molecular weight is 321 g/mol. The number of aromatic amines is 1. The van der Waals surface area contributed by atoms with Gasteiger partial charge in [0.2, 0.25) is 0 Å². The molecule has 2 aromatic carbocycles. The molecule has 0 atom stereocenters. The van der Waals surface area contributed by atoms with E-state index in [4.69, 9.17) is 33.3 Å². The van der Waals surface area contributed by atoms with Crippen molar-refractivity contribution in [1.29, 1.82) is 0 Å². The van der Waals surface area contributed by atoms with Crippen LogP contribution in [0.25, 0.3) is 16.7 Å². The van der Waals surface area contributed by atoms with Crippen LogP contribution in [-0.4, -0.2) is 23.8 Å². The monoisotopic (exact) mass is 320 g/mol. The average Bonchev–Trinajstić information content (AvgIpc) is 2.82. The lowest BCUT2D eigenvalue weighted by atomic mass is 10.2. The van der Waals surface area contributed by atoms with Crippen LogP contribution >= 0.6 is 23.8 Å². The number of methoxy groups -OCH3 is 2. The molecule has 0 saturated carbocycles. The first-order chi connectivity index (χ1) is 10.1. The van der Waals surface area contributed by atoms with Gasteiger partial charge in [0.25, 0.3) is 0 Å². The Morgan fingerprint density at radius 2 is 1.90 bits per heavy atom. The van der Waals surface area contributed by atoms with Gasteiger partial charge >= 0.3 is 0 Å². The highest BCUT2D eigenvalue weighted by Crippen LogP contribution is 2.29. The van der Waals surface area contributed by atoms with Gasteiger partial charge in [0.1, 0.15) is 11.5 Å². The number of hydrogen-bond donors (Lipinski definition) is 1. The smallest absolute Gasteiger partial charge is 0.182 e. The van der Waals surface area contributed by atoms with E-state index in [-0.39, 0.29) is 0 Å². The van der Waals surface area contributed by atoms with E-state index in [9.17, 15) is 0 Å². The molecular weight excluding hydrogens is 308 g/mol. The molecule has 6 heteroatoms. The van der Waals surface area contributed by atoms with Gasteiger partial charge in [-0.1, -0.05) is 11.6 Å². The second-order valence-corrected chi connectivity index (χ2v) is 5.26. The number of aromatic nitrogens is 2. The van der Waals surface area contributed by atoms with Crippen LogP contribution in [0, 0.1) is 4.77 Å². The Balaban J connectivity index is 2.25. The first kappa shape index (κ1) is 14.0. The molecule has 0 spiro atoms. The van der Waals surface area contributed by atoms with Gasteiger partial charge in [-0.3, -0.25) is 4.57 Å². The number of ether oxygens (including phenoxy) is 2. The van der Waals surface area contributed by atoms with Gasteiger partial charge in [-0.2, -0.15) is 0 Å². The maximum atomic E-state index is 6.07. The Hall–Kier alpha value is -1.98. The van der Waals surface area contributed by atoms with E-state index in [0.29, 0.717) is 15.5 Å². The van der Waals surface area contributed by atoms with Crippen molar-refractivity contribution in [2.45, 2.75) is 0 Å². The van der Waals surface area contributed by atoms with E-state index in [0.717, 1.165) is 22.5 Å². The number of nitrogens with one attached hydrogen (secondary N) is 1. The molecule has 3 aromatic rings. The molecule has 0 saturated heterocycles. The van der Waals surface area contributed by atoms with Crippen LogP contribution in [-0.2, 0) is 0 Å². The molecule has 21 heavy (non-hydrogen) atoms. The quantitative estimate of drug-likeness (QED) is 0.729. The highest BCUT2D eigenvalue weighted by atomic mass is 35.5. The Morgan fingerprint density at radius 1 is 1.10 bits per heavy atom. The van der Waals surface area contributed by atoms with Gasteiger partial charge < -0.3 is 14.5 Å². The number of halogens is 1. The van der Waals surface area contributed by atoms with Gasteiger partial charge in [0, 0.05) is 12.1 Å². The minimum atomic E-state index is 0.564. The van der Waals surface area contributed by atoms with Gasteiger partial charge in [-0.25, -0.2) is 0 Å². The number of nitrogens with zero attached hydrogens (tertiary/aromatic N) is 1. The number of fused-ring (bicyclic) bond motifs is 1. The van der Waals surface area contributed by atoms with Gasteiger partial charge in [0.05, 0.1) is 36.0 Å². The summed E-state index contributed by atoms with van der Waals surface area (Å²) in [5.74, 6) is 1.39. The minimum absolute atomic E-state index is 0.564. The molecule has 1 heterocycles. The van der Waals surface area contributed by atoms with Crippen LogP contribution < -0.4 is 9.47 Å². The second-order valence-electron chi connectivity index (χ2n) is 4.47. The molecule has 3 rings (SSSR count). The fraction of sp³-hybridized carbons (Fsp3) is 0.133. The first-order valence-corrected chi connectivity index (χ1v) is 7.05. The summed E-state index contributed by atoms with van der Waals surface area (Å²) in [7, 11) is 3.22. The van der Waals surface area contributed by atoms with Crippen molar-refractivity contribution in [1.82, 2.24) is 9.55 Å². The fourth-order valence-electron chi connectivity index (χ4n) is 2.26. The Bertz CT molecular complexity index is 870. The molecule has 0 radical (unpaired) electrons. The highest BCUT2D eigenvalue weighted by Gasteiger charge is 2.10. The van der Waals surface area contributed by atoms with Crippen molar-refractivity contribution in [2.24, 2.45) is 0 Å². The maximum Gasteiger partial charge on any atom is 0.182 e. The van der Waals surface area contributed by atoms with E-state index in [1.807, 2.05) is 34.9 Å². The topological polar surface area (TPSA) is 39.2 Å². The summed E-state index contributed by atoms with van der Waals surface area (Å²) in [5, 5.41) is 0.564. The van der Waals surface area contributed by atoms with Crippen LogP contribution in [0.4, 0.5) is 0 Å². The van der Waals surface area contributed by atoms with E-state index in [1.165, 1.54) is 0 Å². The zero-order valence-corrected chi connectivity index (χ0v) is 13.1. The standard InChI is InChI=1S/C15H13ClN2O2S/c1-19-10-4-6-13-12(8-10)17-15(21)18(13)9-3-5-11(16)14(7-9)20-2/h3-8H,1-2H3,(H,17,21). The normalized spacial score (nSPS) is 10.8. The summed E-state index contributed by atoms with van der Waals surface area (Å²) in [6, 6.07) is 11.3. The second kappa shape index (κ2) is 5.42. The zero-order valence-electron chi connectivity index (χ0n) is 11.5. The predicted octanol–water partition coefficient (Wildman–Crippen LogP) is 4.36. The van der Waals surface area contributed by atoms with Crippen molar-refractivity contribution in [2.75, 3.05) is 14.2 Å². The predicted molar refractivity (Wildman–Crippen MR) is 86.6 cm³/mol. The largest absolute Gasteiger partial charge is 0.497 e. The molecule has 0 unspecified atom stereocenters. The number of imidazole rings is 1. The van der Waals surface area contributed by atoms with E-state index in [1.54, 1.807) is 20.3 Å². The molecule has 108 valence electrons. The lowest BCUT2D eigenvalue weighted by Gasteiger charge is -2.08. The summed E-state index contributed by atoms with van der Waals surface area (Å²) in [4.78, 5) is 3.18. The summed E-state index contributed by atoms with van der Waals surface area (Å²) in [5.41, 5.74) is 2.76. The van der Waals surface area contributed by atoms with Crippen LogP contribution in [0.5, 0.6) is 11.5 Å². The third kappa shape index (κ3) is 2.39. The molecule has 4 nitrogen and oxygen atoms in total. The number of rotatable bonds is 3. The lowest BCUT2D eigenvalue weighted by molar-refractivity contribution is 0.415. The van der Waals surface area contributed by atoms with Crippen molar-refractivity contribution in [3.8, 4) is 17.2 Å². The van der Waals surface area contributed by atoms with Crippen molar-refractivity contribution in [3.05, 3.63) is 46.2 Å². The molecule has 0 bridgehead atoms. The SMILES string of the molecule is COc1ccc2c(c1)[nH]c(=S)n2-c1ccc(Cl)c(OC)c1. The van der Waals surface area contributed by atoms with E-state index >= 15 is 0 Å². The Kier molecular flexibility index (Phi) is 3.61. The number of benzene rings is 2. The highest BCUT2D eigenvalue weighted by molar-refractivity contribution is 7.71. The fourth-order valence-corrected chi connectivity index (χ4v) is 2.77. The third-order valence-corrected chi connectivity index (χ3v) is 3.88. The molecule has 0 amide bonds. The van der Waals surface area contributed by atoms with E-state index in [2.05, 4.69) is 4.98 Å². The summed E-state index contributed by atoms with van der Waals surface area (Å²) in [6.45, 7) is 0. The van der Waals surface area contributed by atoms with Crippen LogP contribution in [0.1, 0.15) is 0 Å². The summed E-state index contributed by atoms with van der Waals surface area (Å²) in [6.07, 6.45) is 0.